The lowest BCUT2D eigenvalue weighted by atomic mass is 10.4. The van der Waals surface area contributed by atoms with Crippen molar-refractivity contribution in [2.75, 3.05) is 19.8 Å². The lowest BCUT2D eigenvalue weighted by Gasteiger charge is -2.16. The Kier molecular flexibility index (Phi) is 4.05. The van der Waals surface area contributed by atoms with Gasteiger partial charge in [-0.05, 0) is 6.08 Å². The number of ether oxygens (including phenoxy) is 1. The summed E-state index contributed by atoms with van der Waals surface area (Å²) in [5, 5.41) is 0. The van der Waals surface area contributed by atoms with Crippen molar-refractivity contribution in [3.63, 3.8) is 0 Å². The number of nitrogens with zero attached hydrogens (tertiary/aromatic N) is 1. The Bertz CT molecular complexity index is 292. The summed E-state index contributed by atoms with van der Waals surface area (Å²) in [6, 6.07) is 0. The molecule has 0 fully saturated rings. The average molecular weight is 210 g/mol. The van der Waals surface area contributed by atoms with Gasteiger partial charge in [0, 0.05) is 24.7 Å². The zero-order valence-corrected chi connectivity index (χ0v) is 8.44. The highest BCUT2D eigenvalue weighted by molar-refractivity contribution is 5.92. The molecule has 0 aromatic carbocycles. The summed E-state index contributed by atoms with van der Waals surface area (Å²) in [5.41, 5.74) is 5.60. The van der Waals surface area contributed by atoms with Crippen LogP contribution in [-0.2, 0) is 14.3 Å². The van der Waals surface area contributed by atoms with E-state index in [1.165, 1.54) is 11.0 Å². The van der Waals surface area contributed by atoms with Crippen molar-refractivity contribution in [1.29, 1.82) is 0 Å². The Morgan fingerprint density at radius 1 is 1.47 bits per heavy atom. The van der Waals surface area contributed by atoms with Gasteiger partial charge in [-0.15, -0.1) is 0 Å². The molecule has 0 unspecified atom stereocenters. The van der Waals surface area contributed by atoms with Gasteiger partial charge in [-0.2, -0.15) is 0 Å². The third-order valence-corrected chi connectivity index (χ3v) is 1.98. The van der Waals surface area contributed by atoms with Gasteiger partial charge in [0.25, 0.3) is 5.91 Å². The number of carbonyl (C=O) groups excluding carboxylic acids is 2. The van der Waals surface area contributed by atoms with Gasteiger partial charge in [0.15, 0.2) is 0 Å². The van der Waals surface area contributed by atoms with Crippen LogP contribution in [0.5, 0.6) is 0 Å². The number of rotatable bonds is 6. The van der Waals surface area contributed by atoms with E-state index in [2.05, 4.69) is 6.58 Å². The Labute approximate surface area is 88.2 Å². The van der Waals surface area contributed by atoms with Crippen molar-refractivity contribution < 1.29 is 14.3 Å². The van der Waals surface area contributed by atoms with Crippen molar-refractivity contribution >= 4 is 11.8 Å². The first-order valence-corrected chi connectivity index (χ1v) is 4.66. The van der Waals surface area contributed by atoms with Gasteiger partial charge in [0.05, 0.1) is 13.2 Å². The lowest BCUT2D eigenvalue weighted by molar-refractivity contribution is -0.124. The molecule has 0 atom stereocenters. The largest absolute Gasteiger partial charge is 0.379 e. The first-order chi connectivity index (χ1) is 7.11. The number of nitrogens with two attached hydrogens (primary N) is 1. The highest BCUT2D eigenvalue weighted by Crippen LogP contribution is 2.11. The van der Waals surface area contributed by atoms with E-state index >= 15 is 0 Å². The number of amides is 2. The highest BCUT2D eigenvalue weighted by Gasteiger charge is 2.17. The molecule has 5 heteroatoms. The molecule has 15 heavy (non-hydrogen) atoms. The Hall–Kier alpha value is -1.62. The van der Waals surface area contributed by atoms with Crippen LogP contribution in [0.15, 0.2) is 24.4 Å². The van der Waals surface area contributed by atoms with Crippen molar-refractivity contribution in [2.24, 2.45) is 5.73 Å². The van der Waals surface area contributed by atoms with E-state index in [1.54, 1.807) is 6.08 Å². The van der Waals surface area contributed by atoms with Crippen molar-refractivity contribution in [2.45, 2.75) is 6.42 Å². The second-order valence-corrected chi connectivity index (χ2v) is 3.14. The molecule has 0 spiro atoms. The van der Waals surface area contributed by atoms with E-state index in [1.807, 2.05) is 0 Å². The maximum absolute atomic E-state index is 11.2. The van der Waals surface area contributed by atoms with Crippen LogP contribution < -0.4 is 5.73 Å². The first kappa shape index (κ1) is 11.5. The molecule has 5 nitrogen and oxygen atoms in total. The normalized spacial score (nSPS) is 15.1. The van der Waals surface area contributed by atoms with Crippen LogP contribution in [0.3, 0.4) is 0 Å². The summed E-state index contributed by atoms with van der Waals surface area (Å²) >= 11 is 0. The standard InChI is InChI=1S/C10H14N2O3/c1-8-2-3-10(14)12(8)5-7-15-6-4-9(11)13/h2-3H,1,4-7H2,(H2,11,13). The number of carbonyl (C=O) groups is 2. The molecule has 0 bridgehead atoms. The Balaban J connectivity index is 2.13. The predicted octanol–water partition coefficient (Wildman–Crippen LogP) is -0.210. The number of hydrogen-bond donors (Lipinski definition) is 1. The summed E-state index contributed by atoms with van der Waals surface area (Å²) in [6.45, 7) is 4.81. The summed E-state index contributed by atoms with van der Waals surface area (Å²) in [4.78, 5) is 23.1. The Morgan fingerprint density at radius 3 is 2.73 bits per heavy atom. The third-order valence-electron chi connectivity index (χ3n) is 1.98. The topological polar surface area (TPSA) is 72.6 Å². The number of allylic oxidation sites excluding steroid dienone is 1. The molecular weight excluding hydrogens is 196 g/mol. The van der Waals surface area contributed by atoms with E-state index in [4.69, 9.17) is 10.5 Å². The molecule has 0 saturated heterocycles. The van der Waals surface area contributed by atoms with Gasteiger partial charge in [-0.1, -0.05) is 6.58 Å². The van der Waals surface area contributed by atoms with Crippen LogP contribution in [0.1, 0.15) is 6.42 Å². The predicted molar refractivity (Wildman–Crippen MR) is 54.6 cm³/mol. The summed E-state index contributed by atoms with van der Waals surface area (Å²) in [5.74, 6) is -0.475. The molecule has 1 rings (SSSR count). The quantitative estimate of drug-likeness (QED) is 0.616. The first-order valence-electron chi connectivity index (χ1n) is 4.66. The second kappa shape index (κ2) is 5.31. The average Bonchev–Trinajstić information content (AvgIpc) is 2.47. The smallest absolute Gasteiger partial charge is 0.251 e. The summed E-state index contributed by atoms with van der Waals surface area (Å²) < 4.78 is 5.14. The fourth-order valence-electron chi connectivity index (χ4n) is 1.17. The Morgan fingerprint density at radius 2 is 2.20 bits per heavy atom. The van der Waals surface area contributed by atoms with Crippen LogP contribution >= 0.6 is 0 Å². The summed E-state index contributed by atoms with van der Waals surface area (Å²) in [6.07, 6.45) is 3.32. The molecule has 2 amide bonds. The molecule has 1 aliphatic rings. The molecule has 0 saturated carbocycles. The fourth-order valence-corrected chi connectivity index (χ4v) is 1.17. The molecule has 0 aromatic rings. The van der Waals surface area contributed by atoms with Crippen molar-refractivity contribution in [1.82, 2.24) is 4.90 Å². The maximum Gasteiger partial charge on any atom is 0.251 e. The van der Waals surface area contributed by atoms with E-state index in [9.17, 15) is 9.59 Å². The minimum atomic E-state index is -0.390. The molecular formula is C10H14N2O3. The van der Waals surface area contributed by atoms with Gasteiger partial charge in [-0.25, -0.2) is 0 Å². The summed E-state index contributed by atoms with van der Waals surface area (Å²) in [7, 11) is 0. The van der Waals surface area contributed by atoms with Crippen LogP contribution in [-0.4, -0.2) is 36.5 Å². The maximum atomic E-state index is 11.2. The SMILES string of the molecule is C=C1C=CC(=O)N1CCOCCC(N)=O. The van der Waals surface area contributed by atoms with Gasteiger partial charge >= 0.3 is 0 Å². The van der Waals surface area contributed by atoms with Gasteiger partial charge in [0.2, 0.25) is 5.91 Å². The molecule has 0 radical (unpaired) electrons. The minimum Gasteiger partial charge on any atom is -0.379 e. The molecule has 82 valence electrons. The van der Waals surface area contributed by atoms with Gasteiger partial charge in [0.1, 0.15) is 0 Å². The van der Waals surface area contributed by atoms with Crippen LogP contribution in [0.4, 0.5) is 0 Å². The monoisotopic (exact) mass is 210 g/mol. The zero-order chi connectivity index (χ0) is 11.3. The van der Waals surface area contributed by atoms with Gasteiger partial charge < -0.3 is 15.4 Å². The van der Waals surface area contributed by atoms with Crippen LogP contribution in [0.25, 0.3) is 0 Å². The van der Waals surface area contributed by atoms with E-state index in [0.717, 1.165) is 0 Å². The van der Waals surface area contributed by atoms with E-state index < -0.39 is 5.91 Å². The number of hydrogen-bond acceptors (Lipinski definition) is 3. The van der Waals surface area contributed by atoms with E-state index in [-0.39, 0.29) is 18.9 Å². The van der Waals surface area contributed by atoms with Crippen molar-refractivity contribution in [3.8, 4) is 0 Å². The molecule has 1 aliphatic heterocycles. The second-order valence-electron chi connectivity index (χ2n) is 3.14. The molecule has 0 aliphatic carbocycles. The van der Waals surface area contributed by atoms with E-state index in [0.29, 0.717) is 18.8 Å². The molecule has 2 N–H and O–H groups in total. The third kappa shape index (κ3) is 3.55. The molecule has 0 aromatic heterocycles. The van der Waals surface area contributed by atoms with Gasteiger partial charge in [-0.3, -0.25) is 9.59 Å². The van der Waals surface area contributed by atoms with Crippen LogP contribution in [0, 0.1) is 0 Å². The number of primary amides is 1. The lowest BCUT2D eigenvalue weighted by Crippen LogP contribution is -2.28. The minimum absolute atomic E-state index is 0.0847. The van der Waals surface area contributed by atoms with Crippen molar-refractivity contribution in [3.05, 3.63) is 24.4 Å². The highest BCUT2D eigenvalue weighted by atomic mass is 16.5. The molecule has 1 heterocycles. The fraction of sp³-hybridized carbons (Fsp3) is 0.400. The van der Waals surface area contributed by atoms with Crippen LogP contribution in [0.2, 0.25) is 0 Å². The zero-order valence-electron chi connectivity index (χ0n) is 8.44.